The first-order valence-electron chi connectivity index (χ1n) is 8.07. The van der Waals surface area contributed by atoms with Crippen molar-refractivity contribution < 1.29 is 4.39 Å². The molecule has 1 N–H and O–H groups in total. The van der Waals surface area contributed by atoms with Crippen LogP contribution in [0.1, 0.15) is 31.2 Å². The summed E-state index contributed by atoms with van der Waals surface area (Å²) in [5.41, 5.74) is 0.830. The molecule has 1 saturated heterocycles. The molecule has 3 rings (SSSR count). The first-order chi connectivity index (χ1) is 10.7. The van der Waals surface area contributed by atoms with Crippen LogP contribution in [0.15, 0.2) is 29.3 Å². The monoisotopic (exact) mass is 321 g/mol. The van der Waals surface area contributed by atoms with Gasteiger partial charge in [0.1, 0.15) is 5.82 Å². The maximum atomic E-state index is 13.9. The number of aliphatic imine (C=N–C) groups is 1. The number of nitrogens with zero attached hydrogens (tertiary/aromatic N) is 2. The van der Waals surface area contributed by atoms with Gasteiger partial charge in [0.15, 0.2) is 5.96 Å². The lowest BCUT2D eigenvalue weighted by Crippen LogP contribution is -2.48. The lowest BCUT2D eigenvalue weighted by atomic mass is 10.1. The van der Waals surface area contributed by atoms with Gasteiger partial charge in [0.2, 0.25) is 0 Å². The van der Waals surface area contributed by atoms with Gasteiger partial charge in [0.25, 0.3) is 0 Å². The molecule has 2 fully saturated rings. The summed E-state index contributed by atoms with van der Waals surface area (Å²) >= 11 is 2.05. The smallest absolute Gasteiger partial charge is 0.193 e. The third-order valence-corrected chi connectivity index (χ3v) is 5.89. The minimum Gasteiger partial charge on any atom is -0.353 e. The van der Waals surface area contributed by atoms with Crippen molar-refractivity contribution in [3.63, 3.8) is 0 Å². The summed E-state index contributed by atoms with van der Waals surface area (Å²) in [5.74, 6) is 2.31. The van der Waals surface area contributed by atoms with E-state index < -0.39 is 0 Å². The minimum absolute atomic E-state index is 0.0905. The summed E-state index contributed by atoms with van der Waals surface area (Å²) in [4.78, 5) is 6.79. The van der Waals surface area contributed by atoms with Crippen molar-refractivity contribution in [2.45, 2.75) is 37.0 Å². The number of rotatable bonds is 3. The van der Waals surface area contributed by atoms with Crippen LogP contribution in [-0.4, -0.2) is 48.0 Å². The van der Waals surface area contributed by atoms with Crippen molar-refractivity contribution in [2.75, 3.05) is 25.9 Å². The van der Waals surface area contributed by atoms with Crippen molar-refractivity contribution in [1.29, 1.82) is 0 Å². The molecular formula is C17H24FN3S. The molecule has 0 radical (unpaired) electrons. The molecule has 0 aromatic heterocycles. The van der Waals surface area contributed by atoms with E-state index >= 15 is 0 Å². The summed E-state index contributed by atoms with van der Waals surface area (Å²) < 4.78 is 13.9. The maximum absolute atomic E-state index is 13.9. The van der Waals surface area contributed by atoms with Gasteiger partial charge in [-0.2, -0.15) is 11.8 Å². The number of hydrogen-bond donors (Lipinski definition) is 1. The Bertz CT molecular complexity index is 548. The van der Waals surface area contributed by atoms with Gasteiger partial charge in [0.05, 0.1) is 0 Å². The average Bonchev–Trinajstić information content (AvgIpc) is 3.32. The first-order valence-corrected chi connectivity index (χ1v) is 9.12. The zero-order chi connectivity index (χ0) is 15.5. The van der Waals surface area contributed by atoms with Crippen molar-refractivity contribution in [2.24, 2.45) is 4.99 Å². The summed E-state index contributed by atoms with van der Waals surface area (Å²) in [7, 11) is 1.84. The van der Waals surface area contributed by atoms with E-state index in [1.807, 2.05) is 19.2 Å². The third-order valence-electron chi connectivity index (χ3n) is 4.52. The van der Waals surface area contributed by atoms with E-state index in [2.05, 4.69) is 33.9 Å². The van der Waals surface area contributed by atoms with Crippen LogP contribution < -0.4 is 5.32 Å². The van der Waals surface area contributed by atoms with E-state index in [-0.39, 0.29) is 11.7 Å². The van der Waals surface area contributed by atoms with Crippen molar-refractivity contribution in [3.05, 3.63) is 35.6 Å². The molecule has 0 amide bonds. The maximum Gasteiger partial charge on any atom is 0.193 e. The van der Waals surface area contributed by atoms with E-state index in [0.717, 1.165) is 36.8 Å². The molecule has 1 aliphatic heterocycles. The van der Waals surface area contributed by atoms with Gasteiger partial charge in [0, 0.05) is 43.1 Å². The summed E-state index contributed by atoms with van der Waals surface area (Å²) in [6.07, 6.45) is 2.18. The fraction of sp³-hybridized carbons (Fsp3) is 0.588. The molecule has 5 heteroatoms. The van der Waals surface area contributed by atoms with Crippen LogP contribution in [0.5, 0.6) is 0 Å². The Morgan fingerprint density at radius 3 is 3.00 bits per heavy atom. The number of hydrogen-bond acceptors (Lipinski definition) is 2. The lowest BCUT2D eigenvalue weighted by Gasteiger charge is -2.34. The first kappa shape index (κ1) is 15.7. The van der Waals surface area contributed by atoms with Crippen LogP contribution in [0.3, 0.4) is 0 Å². The topological polar surface area (TPSA) is 27.6 Å². The Hall–Kier alpha value is -1.23. The van der Waals surface area contributed by atoms with Gasteiger partial charge in [-0.25, -0.2) is 4.39 Å². The molecular weight excluding hydrogens is 297 g/mol. The molecule has 3 unspecified atom stereocenters. The predicted octanol–water partition coefficient (Wildman–Crippen LogP) is 3.08. The van der Waals surface area contributed by atoms with E-state index in [1.165, 1.54) is 6.42 Å². The van der Waals surface area contributed by atoms with Gasteiger partial charge in [-0.3, -0.25) is 4.99 Å². The van der Waals surface area contributed by atoms with Crippen LogP contribution in [0, 0.1) is 5.82 Å². The highest BCUT2D eigenvalue weighted by Gasteiger charge is 2.41. The molecule has 1 heterocycles. The Morgan fingerprint density at radius 1 is 1.45 bits per heavy atom. The van der Waals surface area contributed by atoms with Crippen LogP contribution in [0.4, 0.5) is 4.39 Å². The molecule has 1 aromatic rings. The van der Waals surface area contributed by atoms with Gasteiger partial charge in [-0.05, 0) is 24.5 Å². The molecule has 1 aromatic carbocycles. The second-order valence-electron chi connectivity index (χ2n) is 6.01. The minimum atomic E-state index is -0.0905. The standard InChI is InChI=1S/C17H24FN3S/c1-3-12-11-21(8-9-22-12)17(19-2)20-16-10-14(16)13-6-4-5-7-15(13)18/h4-7,12,14,16H,3,8-11H2,1-2H3,(H,19,20). The SMILES string of the molecule is CCC1CN(C(=NC)NC2CC2c2ccccc2F)CCS1. The summed E-state index contributed by atoms with van der Waals surface area (Å²) in [6, 6.07) is 7.42. The average molecular weight is 321 g/mol. The van der Waals surface area contributed by atoms with Crippen LogP contribution in [-0.2, 0) is 0 Å². The van der Waals surface area contributed by atoms with Gasteiger partial charge < -0.3 is 10.2 Å². The van der Waals surface area contributed by atoms with Crippen LogP contribution >= 0.6 is 11.8 Å². The summed E-state index contributed by atoms with van der Waals surface area (Å²) in [5, 5.41) is 4.22. The number of nitrogens with one attached hydrogen (secondary N) is 1. The van der Waals surface area contributed by atoms with E-state index in [9.17, 15) is 4.39 Å². The van der Waals surface area contributed by atoms with Crippen molar-refractivity contribution in [3.8, 4) is 0 Å². The Balaban J connectivity index is 1.60. The number of thioether (sulfide) groups is 1. The quantitative estimate of drug-likeness (QED) is 0.685. The molecule has 2 aliphatic rings. The number of benzene rings is 1. The van der Waals surface area contributed by atoms with Gasteiger partial charge in [-0.1, -0.05) is 25.1 Å². The van der Waals surface area contributed by atoms with Crippen molar-refractivity contribution in [1.82, 2.24) is 10.2 Å². The Kier molecular flexibility index (Phi) is 4.91. The molecule has 3 nitrogen and oxygen atoms in total. The fourth-order valence-electron chi connectivity index (χ4n) is 3.10. The number of halogens is 1. The molecule has 1 aliphatic carbocycles. The molecule has 1 saturated carbocycles. The van der Waals surface area contributed by atoms with Gasteiger partial charge >= 0.3 is 0 Å². The highest BCUT2D eigenvalue weighted by Crippen LogP contribution is 2.42. The van der Waals surface area contributed by atoms with E-state index in [0.29, 0.717) is 11.3 Å². The van der Waals surface area contributed by atoms with E-state index in [1.54, 1.807) is 12.1 Å². The zero-order valence-corrected chi connectivity index (χ0v) is 14.1. The van der Waals surface area contributed by atoms with Gasteiger partial charge in [-0.15, -0.1) is 0 Å². The molecule has 22 heavy (non-hydrogen) atoms. The van der Waals surface area contributed by atoms with Crippen LogP contribution in [0.2, 0.25) is 0 Å². The Labute approximate surface area is 136 Å². The summed E-state index contributed by atoms with van der Waals surface area (Å²) in [6.45, 7) is 4.34. The molecule has 3 atom stereocenters. The normalized spacial score (nSPS) is 28.6. The molecule has 0 bridgehead atoms. The predicted molar refractivity (Wildman–Crippen MR) is 92.2 cm³/mol. The lowest BCUT2D eigenvalue weighted by molar-refractivity contribution is 0.407. The highest BCUT2D eigenvalue weighted by molar-refractivity contribution is 8.00. The highest BCUT2D eigenvalue weighted by atomic mass is 32.2. The zero-order valence-electron chi connectivity index (χ0n) is 13.3. The van der Waals surface area contributed by atoms with E-state index in [4.69, 9.17) is 0 Å². The molecule has 120 valence electrons. The van der Waals surface area contributed by atoms with Crippen molar-refractivity contribution >= 4 is 17.7 Å². The second-order valence-corrected chi connectivity index (χ2v) is 7.42. The largest absolute Gasteiger partial charge is 0.353 e. The Morgan fingerprint density at radius 2 is 2.27 bits per heavy atom. The third kappa shape index (κ3) is 3.40. The van der Waals surface area contributed by atoms with Crippen LogP contribution in [0.25, 0.3) is 0 Å². The second kappa shape index (κ2) is 6.90. The number of guanidine groups is 1. The fourth-order valence-corrected chi connectivity index (χ4v) is 4.28. The molecule has 0 spiro atoms.